The summed E-state index contributed by atoms with van der Waals surface area (Å²) in [5, 5.41) is 0. The van der Waals surface area contributed by atoms with Gasteiger partial charge in [0.25, 0.3) is 0 Å². The van der Waals surface area contributed by atoms with Crippen LogP contribution in [0.3, 0.4) is 0 Å². The monoisotopic (exact) mass is 156 g/mol. The van der Waals surface area contributed by atoms with Gasteiger partial charge in [0.05, 0.1) is 0 Å². The molecule has 4 heteroatoms. The number of ether oxygens (including phenoxy) is 1. The predicted octanol–water partition coefficient (Wildman–Crippen LogP) is -2.40. The van der Waals surface area contributed by atoms with E-state index in [1.807, 2.05) is 0 Å². The number of hydrogen-bond acceptors (Lipinski definition) is 3. The molecule has 0 atom stereocenters. The number of esters is 2. The van der Waals surface area contributed by atoms with Gasteiger partial charge in [0.1, 0.15) is 0 Å². The van der Waals surface area contributed by atoms with Crippen LogP contribution >= 0.6 is 0 Å². The first kappa shape index (κ1) is 12.5. The maximum atomic E-state index is 10.2. The molecular formula is C5H9KO3. The molecule has 0 bridgehead atoms. The molecule has 0 aliphatic heterocycles. The Hall–Kier alpha value is 0.776. The van der Waals surface area contributed by atoms with Crippen molar-refractivity contribution in [3.05, 3.63) is 0 Å². The summed E-state index contributed by atoms with van der Waals surface area (Å²) in [4.78, 5) is 20.1. The maximum absolute atomic E-state index is 10.2. The molecule has 0 rings (SSSR count). The van der Waals surface area contributed by atoms with Gasteiger partial charge in [0, 0.05) is 13.3 Å². The van der Waals surface area contributed by atoms with Gasteiger partial charge in [-0.15, -0.1) is 0 Å². The predicted molar refractivity (Wildman–Crippen MR) is 28.2 cm³/mol. The van der Waals surface area contributed by atoms with Gasteiger partial charge in [0.15, 0.2) is 0 Å². The molecule has 0 fully saturated rings. The van der Waals surface area contributed by atoms with E-state index in [-0.39, 0.29) is 59.2 Å². The minimum absolute atomic E-state index is 0. The van der Waals surface area contributed by atoms with Crippen molar-refractivity contribution in [3.8, 4) is 0 Å². The molecular weight excluding hydrogens is 147 g/mol. The SMILES string of the molecule is CCC(=O)OC(C)=O.[H-].[K+]. The van der Waals surface area contributed by atoms with Gasteiger partial charge in [-0.25, -0.2) is 0 Å². The molecule has 0 heterocycles. The second-order valence-electron chi connectivity index (χ2n) is 1.32. The Morgan fingerprint density at radius 2 is 2.00 bits per heavy atom. The van der Waals surface area contributed by atoms with Crippen LogP contribution in [0.2, 0.25) is 0 Å². The molecule has 0 aliphatic rings. The Labute approximate surface area is 98.0 Å². The second-order valence-corrected chi connectivity index (χ2v) is 1.32. The summed E-state index contributed by atoms with van der Waals surface area (Å²) in [6.45, 7) is 2.83. The van der Waals surface area contributed by atoms with Crippen LogP contribution in [0.5, 0.6) is 0 Å². The van der Waals surface area contributed by atoms with E-state index in [1.54, 1.807) is 6.92 Å². The van der Waals surface area contributed by atoms with Crippen molar-refractivity contribution in [2.45, 2.75) is 20.3 Å². The van der Waals surface area contributed by atoms with E-state index in [9.17, 15) is 9.59 Å². The fourth-order valence-corrected chi connectivity index (χ4v) is 0.232. The van der Waals surface area contributed by atoms with Crippen LogP contribution in [-0.2, 0) is 14.3 Å². The van der Waals surface area contributed by atoms with Crippen LogP contribution in [0.25, 0.3) is 0 Å². The molecule has 0 aromatic heterocycles. The summed E-state index contributed by atoms with van der Waals surface area (Å²) in [7, 11) is 0. The normalized spacial score (nSPS) is 7.33. The Bertz CT molecular complexity index is 115. The minimum atomic E-state index is -0.545. The molecule has 3 nitrogen and oxygen atoms in total. The Kier molecular flexibility index (Phi) is 9.53. The molecule has 0 N–H and O–H groups in total. The van der Waals surface area contributed by atoms with E-state index in [2.05, 4.69) is 4.74 Å². The molecule has 0 saturated carbocycles. The minimum Gasteiger partial charge on any atom is -1.00 e. The van der Waals surface area contributed by atoms with Crippen molar-refractivity contribution in [1.29, 1.82) is 0 Å². The van der Waals surface area contributed by atoms with Gasteiger partial charge in [-0.1, -0.05) is 6.92 Å². The molecule has 9 heavy (non-hydrogen) atoms. The number of rotatable bonds is 1. The Morgan fingerprint density at radius 3 is 2.11 bits per heavy atom. The van der Waals surface area contributed by atoms with E-state index in [1.165, 1.54) is 6.92 Å². The third-order valence-corrected chi connectivity index (χ3v) is 0.546. The van der Waals surface area contributed by atoms with Gasteiger partial charge in [-0.2, -0.15) is 0 Å². The molecule has 0 spiro atoms. The van der Waals surface area contributed by atoms with Crippen molar-refractivity contribution < 1.29 is 67.1 Å². The molecule has 0 saturated heterocycles. The van der Waals surface area contributed by atoms with Gasteiger partial charge in [-0.05, 0) is 0 Å². The maximum Gasteiger partial charge on any atom is 1.00 e. The summed E-state index contributed by atoms with van der Waals surface area (Å²) in [6.07, 6.45) is 0.250. The molecule has 0 aromatic rings. The molecule has 0 aromatic carbocycles. The Balaban J connectivity index is -0.000000245. The fraction of sp³-hybridized carbons (Fsp3) is 0.600. The summed E-state index contributed by atoms with van der Waals surface area (Å²) >= 11 is 0. The van der Waals surface area contributed by atoms with Crippen LogP contribution in [0.4, 0.5) is 0 Å². The van der Waals surface area contributed by atoms with Crippen LogP contribution in [0.1, 0.15) is 21.7 Å². The first-order valence-corrected chi connectivity index (χ1v) is 2.38. The smallest absolute Gasteiger partial charge is 1.00 e. The van der Waals surface area contributed by atoms with Crippen LogP contribution in [0.15, 0.2) is 0 Å². The number of carbonyl (C=O) groups excluding carboxylic acids is 2. The quantitative estimate of drug-likeness (QED) is 0.241. The first-order valence-electron chi connectivity index (χ1n) is 2.38. The summed E-state index contributed by atoms with van der Waals surface area (Å²) < 4.78 is 4.12. The topological polar surface area (TPSA) is 43.4 Å². The first-order chi connectivity index (χ1) is 3.66. The summed E-state index contributed by atoms with van der Waals surface area (Å²) in [6, 6.07) is 0. The number of carbonyl (C=O) groups is 2. The van der Waals surface area contributed by atoms with Crippen LogP contribution < -0.4 is 51.4 Å². The Morgan fingerprint density at radius 1 is 1.56 bits per heavy atom. The summed E-state index contributed by atoms with van der Waals surface area (Å²) in [5.74, 6) is -1.02. The van der Waals surface area contributed by atoms with Crippen molar-refractivity contribution in [1.82, 2.24) is 0 Å². The third-order valence-electron chi connectivity index (χ3n) is 0.546. The zero-order valence-corrected chi connectivity index (χ0v) is 9.05. The molecule has 0 unspecified atom stereocenters. The largest absolute Gasteiger partial charge is 1.00 e. The molecule has 0 radical (unpaired) electrons. The average molecular weight is 156 g/mol. The molecule has 48 valence electrons. The zero-order valence-electron chi connectivity index (χ0n) is 6.93. The van der Waals surface area contributed by atoms with Gasteiger partial charge < -0.3 is 6.16 Å². The van der Waals surface area contributed by atoms with Gasteiger partial charge in [-0.3, -0.25) is 9.59 Å². The molecule has 0 amide bonds. The van der Waals surface area contributed by atoms with E-state index < -0.39 is 11.9 Å². The van der Waals surface area contributed by atoms with E-state index in [0.717, 1.165) is 0 Å². The van der Waals surface area contributed by atoms with Crippen molar-refractivity contribution >= 4 is 11.9 Å². The van der Waals surface area contributed by atoms with Crippen molar-refractivity contribution in [2.75, 3.05) is 0 Å². The second kappa shape index (κ2) is 6.89. The zero-order chi connectivity index (χ0) is 6.57. The number of hydrogen-bond donors (Lipinski definition) is 0. The van der Waals surface area contributed by atoms with Crippen LogP contribution in [-0.4, -0.2) is 11.9 Å². The van der Waals surface area contributed by atoms with E-state index >= 15 is 0 Å². The average Bonchev–Trinajstić information content (AvgIpc) is 1.65. The fourth-order valence-electron chi connectivity index (χ4n) is 0.232. The molecule has 0 aliphatic carbocycles. The van der Waals surface area contributed by atoms with Gasteiger partial charge >= 0.3 is 63.3 Å². The van der Waals surface area contributed by atoms with Crippen LogP contribution in [0, 0.1) is 0 Å². The van der Waals surface area contributed by atoms with Crippen molar-refractivity contribution in [3.63, 3.8) is 0 Å². The van der Waals surface area contributed by atoms with Gasteiger partial charge in [0.2, 0.25) is 0 Å². The third kappa shape index (κ3) is 8.78. The van der Waals surface area contributed by atoms with Crippen molar-refractivity contribution in [2.24, 2.45) is 0 Å². The standard InChI is InChI=1S/C5H8O3.K.H/c1-3-5(7)8-4(2)6;;/h3H2,1-2H3;;/q;+1;-1. The summed E-state index contributed by atoms with van der Waals surface area (Å²) in [5.41, 5.74) is 0. The van der Waals surface area contributed by atoms with E-state index in [0.29, 0.717) is 0 Å². The van der Waals surface area contributed by atoms with E-state index in [4.69, 9.17) is 0 Å².